The lowest BCUT2D eigenvalue weighted by Crippen LogP contribution is -2.13. The van der Waals surface area contributed by atoms with Crippen LogP contribution in [0.15, 0.2) is 24.3 Å². The van der Waals surface area contributed by atoms with Gasteiger partial charge in [0.2, 0.25) is 0 Å². The van der Waals surface area contributed by atoms with E-state index in [0.717, 1.165) is 18.4 Å². The van der Waals surface area contributed by atoms with Gasteiger partial charge in [0.1, 0.15) is 0 Å². The van der Waals surface area contributed by atoms with Crippen molar-refractivity contribution >= 4 is 0 Å². The highest BCUT2D eigenvalue weighted by molar-refractivity contribution is 5.26. The minimum absolute atomic E-state index is 0.334. The van der Waals surface area contributed by atoms with Crippen LogP contribution in [0.3, 0.4) is 0 Å². The van der Waals surface area contributed by atoms with Crippen molar-refractivity contribution in [2.75, 3.05) is 0 Å². The third-order valence-electron chi connectivity index (χ3n) is 3.57. The first kappa shape index (κ1) is 16.2. The second kappa shape index (κ2) is 6.56. The summed E-state index contributed by atoms with van der Waals surface area (Å²) in [4.78, 5) is 0. The van der Waals surface area contributed by atoms with Crippen molar-refractivity contribution in [3.05, 3.63) is 35.4 Å². The Labute approximate surface area is 119 Å². The van der Waals surface area contributed by atoms with Gasteiger partial charge in [-0.3, -0.25) is 0 Å². The van der Waals surface area contributed by atoms with Crippen molar-refractivity contribution in [3.8, 4) is 0 Å². The third-order valence-corrected chi connectivity index (χ3v) is 3.57. The second-order valence-electron chi connectivity index (χ2n) is 7.44. The van der Waals surface area contributed by atoms with E-state index in [2.05, 4.69) is 65.8 Å². The van der Waals surface area contributed by atoms with Crippen LogP contribution < -0.4 is 0 Å². The zero-order valence-electron chi connectivity index (χ0n) is 13.4. The molecule has 2 atom stereocenters. The van der Waals surface area contributed by atoms with Crippen molar-refractivity contribution in [2.45, 2.75) is 66.4 Å². The van der Waals surface area contributed by atoms with E-state index < -0.39 is 0 Å². The van der Waals surface area contributed by atoms with Gasteiger partial charge in [0.05, 0.1) is 6.10 Å². The maximum atomic E-state index is 10.3. The van der Waals surface area contributed by atoms with Crippen molar-refractivity contribution in [3.63, 3.8) is 0 Å². The number of hydrogen-bond donors (Lipinski definition) is 1. The molecule has 0 aliphatic rings. The van der Waals surface area contributed by atoms with Gasteiger partial charge in [-0.25, -0.2) is 0 Å². The average Bonchev–Trinajstić information content (AvgIpc) is 2.26. The van der Waals surface area contributed by atoms with Crippen LogP contribution in [0.25, 0.3) is 0 Å². The molecule has 0 aromatic heterocycles. The van der Waals surface area contributed by atoms with E-state index in [1.807, 2.05) is 0 Å². The molecule has 1 rings (SSSR count). The predicted octanol–water partition coefficient (Wildman–Crippen LogP) is 5.31. The maximum Gasteiger partial charge on any atom is 0.0792 e. The quantitative estimate of drug-likeness (QED) is 0.763. The molecule has 1 heteroatoms. The molecule has 0 spiro atoms. The van der Waals surface area contributed by atoms with Crippen LogP contribution in [0.5, 0.6) is 0 Å². The molecule has 0 saturated heterocycles. The smallest absolute Gasteiger partial charge is 0.0792 e. The topological polar surface area (TPSA) is 20.2 Å². The van der Waals surface area contributed by atoms with Gasteiger partial charge in [-0.1, -0.05) is 65.8 Å². The third kappa shape index (κ3) is 5.78. The van der Waals surface area contributed by atoms with E-state index >= 15 is 0 Å². The van der Waals surface area contributed by atoms with Crippen LogP contribution >= 0.6 is 0 Å². The summed E-state index contributed by atoms with van der Waals surface area (Å²) in [5, 5.41) is 10.3. The van der Waals surface area contributed by atoms with Gasteiger partial charge in [0.25, 0.3) is 0 Å². The van der Waals surface area contributed by atoms with Gasteiger partial charge in [0, 0.05) is 0 Å². The number of benzene rings is 1. The molecule has 1 aromatic carbocycles. The molecular formula is C18H30O. The summed E-state index contributed by atoms with van der Waals surface area (Å²) in [7, 11) is 0. The van der Waals surface area contributed by atoms with Gasteiger partial charge in [-0.2, -0.15) is 0 Å². The van der Waals surface area contributed by atoms with E-state index in [9.17, 15) is 5.11 Å². The molecular weight excluding hydrogens is 232 g/mol. The Kier molecular flexibility index (Phi) is 5.61. The highest BCUT2D eigenvalue weighted by Gasteiger charge is 2.18. The Morgan fingerprint density at radius 3 is 1.84 bits per heavy atom. The minimum atomic E-state index is -0.335. The number of hydrogen-bond acceptors (Lipinski definition) is 1. The van der Waals surface area contributed by atoms with Crippen LogP contribution in [0.2, 0.25) is 0 Å². The molecule has 0 saturated carbocycles. The lowest BCUT2D eigenvalue weighted by atomic mass is 9.82. The molecule has 19 heavy (non-hydrogen) atoms. The zero-order chi connectivity index (χ0) is 14.6. The molecule has 0 aliphatic carbocycles. The fourth-order valence-electron chi connectivity index (χ4n) is 2.75. The molecule has 2 unspecified atom stereocenters. The van der Waals surface area contributed by atoms with Crippen LogP contribution in [0, 0.1) is 11.3 Å². The first-order chi connectivity index (χ1) is 8.69. The first-order valence-corrected chi connectivity index (χ1v) is 7.47. The molecule has 1 N–H and O–H groups in total. The Bertz CT molecular complexity index is 370. The molecule has 0 bridgehead atoms. The monoisotopic (exact) mass is 262 g/mol. The Balaban J connectivity index is 2.60. The molecule has 0 aliphatic heterocycles. The Hall–Kier alpha value is -0.820. The molecule has 0 heterocycles. The van der Waals surface area contributed by atoms with Gasteiger partial charge in [-0.15, -0.1) is 0 Å². The van der Waals surface area contributed by atoms with Crippen LogP contribution in [0.4, 0.5) is 0 Å². The van der Waals surface area contributed by atoms with Crippen LogP contribution in [0.1, 0.15) is 77.5 Å². The Morgan fingerprint density at radius 2 is 1.42 bits per heavy atom. The molecule has 1 aromatic rings. The van der Waals surface area contributed by atoms with Crippen molar-refractivity contribution in [2.24, 2.45) is 11.3 Å². The summed E-state index contributed by atoms with van der Waals surface area (Å²) in [5.74, 6) is 1.09. The fourth-order valence-corrected chi connectivity index (χ4v) is 2.75. The molecule has 0 radical (unpaired) electrons. The summed E-state index contributed by atoms with van der Waals surface area (Å²) in [6.07, 6.45) is 1.66. The molecule has 1 nitrogen and oxygen atoms in total. The summed E-state index contributed by atoms with van der Waals surface area (Å²) in [6.45, 7) is 13.4. The summed E-state index contributed by atoms with van der Waals surface area (Å²) >= 11 is 0. The number of aliphatic hydroxyl groups excluding tert-OH is 1. The van der Waals surface area contributed by atoms with Crippen molar-refractivity contribution < 1.29 is 5.11 Å². The summed E-state index contributed by atoms with van der Waals surface area (Å²) in [5.41, 5.74) is 2.71. The number of rotatable bonds is 5. The van der Waals surface area contributed by atoms with E-state index in [1.165, 1.54) is 5.56 Å². The summed E-state index contributed by atoms with van der Waals surface area (Å²) < 4.78 is 0. The summed E-state index contributed by atoms with van der Waals surface area (Å²) in [6, 6.07) is 8.42. The molecule has 0 amide bonds. The highest BCUT2D eigenvalue weighted by Crippen LogP contribution is 2.30. The molecule has 108 valence electrons. The highest BCUT2D eigenvalue weighted by atomic mass is 16.3. The van der Waals surface area contributed by atoms with Gasteiger partial charge in [-0.05, 0) is 41.2 Å². The normalized spacial score (nSPS) is 15.6. The second-order valence-corrected chi connectivity index (χ2v) is 7.44. The van der Waals surface area contributed by atoms with Crippen molar-refractivity contribution in [1.29, 1.82) is 0 Å². The van der Waals surface area contributed by atoms with Gasteiger partial charge < -0.3 is 5.11 Å². The van der Waals surface area contributed by atoms with Crippen molar-refractivity contribution in [1.82, 2.24) is 0 Å². The van der Waals surface area contributed by atoms with Gasteiger partial charge in [0.15, 0.2) is 0 Å². The fraction of sp³-hybridized carbons (Fsp3) is 0.667. The molecule has 0 fully saturated rings. The van der Waals surface area contributed by atoms with E-state index in [0.29, 0.717) is 17.3 Å². The lowest BCUT2D eigenvalue weighted by Gasteiger charge is -2.25. The van der Waals surface area contributed by atoms with Crippen LogP contribution in [-0.2, 0) is 0 Å². The largest absolute Gasteiger partial charge is 0.388 e. The lowest BCUT2D eigenvalue weighted by molar-refractivity contribution is 0.134. The Morgan fingerprint density at radius 1 is 0.947 bits per heavy atom. The standard InChI is InChI=1S/C18H30O/c1-13(2)15-7-9-16(10-8-15)17(19)11-14(3)12-18(4,5)6/h7-10,13-14,17,19H,11-12H2,1-6H3. The van der Waals surface area contributed by atoms with E-state index in [1.54, 1.807) is 0 Å². The van der Waals surface area contributed by atoms with Crippen LogP contribution in [-0.4, -0.2) is 5.11 Å². The number of aliphatic hydroxyl groups is 1. The predicted molar refractivity (Wildman–Crippen MR) is 83.3 cm³/mol. The van der Waals surface area contributed by atoms with Gasteiger partial charge >= 0.3 is 0 Å². The average molecular weight is 262 g/mol. The zero-order valence-corrected chi connectivity index (χ0v) is 13.4. The SMILES string of the molecule is CC(CC(O)c1ccc(C(C)C)cc1)CC(C)(C)C. The first-order valence-electron chi connectivity index (χ1n) is 7.47. The maximum absolute atomic E-state index is 10.3. The van der Waals surface area contributed by atoms with E-state index in [4.69, 9.17) is 0 Å². The minimum Gasteiger partial charge on any atom is -0.388 e. The van der Waals surface area contributed by atoms with E-state index in [-0.39, 0.29) is 6.10 Å².